The minimum Gasteiger partial charge on any atom is -0.354 e. The Morgan fingerprint density at radius 1 is 0.696 bits per heavy atom. The van der Waals surface area contributed by atoms with E-state index in [0.717, 1.165) is 0 Å². The van der Waals surface area contributed by atoms with Gasteiger partial charge in [0.25, 0.3) is 0 Å². The van der Waals surface area contributed by atoms with Gasteiger partial charge in [-0.3, -0.25) is 0 Å². The summed E-state index contributed by atoms with van der Waals surface area (Å²) in [6.45, 7) is 0. The highest BCUT2D eigenvalue weighted by molar-refractivity contribution is 7.98. The maximum absolute atomic E-state index is 3.67. The van der Waals surface area contributed by atoms with Crippen molar-refractivity contribution >= 4 is 44.3 Å². The van der Waals surface area contributed by atoms with Gasteiger partial charge in [-0.05, 0) is 34.7 Å². The molecule has 0 spiro atoms. The summed E-state index contributed by atoms with van der Waals surface area (Å²) in [6.07, 6.45) is 2.14. The van der Waals surface area contributed by atoms with Crippen molar-refractivity contribution in [2.75, 3.05) is 6.26 Å². The van der Waals surface area contributed by atoms with E-state index in [0.29, 0.717) is 0 Å². The molecule has 4 aromatic carbocycles. The van der Waals surface area contributed by atoms with Crippen LogP contribution in [0.4, 0.5) is 0 Å². The second-order valence-corrected chi connectivity index (χ2v) is 6.73. The van der Waals surface area contributed by atoms with Gasteiger partial charge in [0.15, 0.2) is 0 Å². The molecule has 0 aliphatic rings. The predicted molar refractivity (Wildman–Crippen MR) is 102 cm³/mol. The van der Waals surface area contributed by atoms with E-state index in [9.17, 15) is 0 Å². The lowest BCUT2D eigenvalue weighted by atomic mass is 9.97. The summed E-state index contributed by atoms with van der Waals surface area (Å²) in [4.78, 5) is 4.98. The van der Waals surface area contributed by atoms with Crippen LogP contribution in [-0.4, -0.2) is 11.2 Å². The summed E-state index contributed by atoms with van der Waals surface area (Å²) >= 11 is 1.80. The number of aromatic amines is 1. The van der Waals surface area contributed by atoms with Gasteiger partial charge in [0, 0.05) is 26.7 Å². The van der Waals surface area contributed by atoms with Crippen LogP contribution in [0.25, 0.3) is 43.7 Å². The highest BCUT2D eigenvalue weighted by Gasteiger charge is 2.15. The molecular weight excluding hydrogens is 298 g/mol. The maximum Gasteiger partial charge on any atom is 0.0551 e. The van der Waals surface area contributed by atoms with Crippen molar-refractivity contribution in [3.8, 4) is 11.1 Å². The van der Waals surface area contributed by atoms with Gasteiger partial charge in [-0.15, -0.1) is 11.8 Å². The number of benzene rings is 4. The molecule has 5 rings (SSSR count). The first-order chi connectivity index (χ1) is 11.4. The number of hydrogen-bond acceptors (Lipinski definition) is 1. The number of nitrogens with one attached hydrogen (secondary N) is 1. The normalized spacial score (nSPS) is 11.9. The second kappa shape index (κ2) is 4.77. The van der Waals surface area contributed by atoms with Crippen molar-refractivity contribution < 1.29 is 0 Å². The molecule has 0 fully saturated rings. The molecule has 2 heteroatoms. The van der Waals surface area contributed by atoms with Crippen LogP contribution < -0.4 is 0 Å². The van der Waals surface area contributed by atoms with Crippen LogP contribution in [0.2, 0.25) is 0 Å². The first-order valence-corrected chi connectivity index (χ1v) is 8.98. The Morgan fingerprint density at radius 3 is 2.35 bits per heavy atom. The molecule has 23 heavy (non-hydrogen) atoms. The van der Waals surface area contributed by atoms with E-state index in [-0.39, 0.29) is 0 Å². The quantitative estimate of drug-likeness (QED) is 0.298. The van der Waals surface area contributed by atoms with Crippen LogP contribution in [0.3, 0.4) is 0 Å². The van der Waals surface area contributed by atoms with Gasteiger partial charge in [-0.2, -0.15) is 0 Å². The standard InChI is InChI=1S/C21H15NS/c1-23-18-8-3-2-6-15(18)16-12-11-14-10-9-13-5-4-7-17-19(13)20(14)21(16)22-17/h2-12,22H,1H3. The molecule has 0 aliphatic carbocycles. The van der Waals surface area contributed by atoms with Gasteiger partial charge in [-0.25, -0.2) is 0 Å². The maximum atomic E-state index is 3.67. The van der Waals surface area contributed by atoms with E-state index in [2.05, 4.69) is 78.0 Å². The summed E-state index contributed by atoms with van der Waals surface area (Å²) in [7, 11) is 0. The van der Waals surface area contributed by atoms with Gasteiger partial charge < -0.3 is 4.98 Å². The van der Waals surface area contributed by atoms with E-state index >= 15 is 0 Å². The average molecular weight is 313 g/mol. The number of aromatic nitrogens is 1. The molecule has 1 heterocycles. The van der Waals surface area contributed by atoms with E-state index in [1.54, 1.807) is 11.8 Å². The molecule has 1 N–H and O–H groups in total. The van der Waals surface area contributed by atoms with Crippen LogP contribution >= 0.6 is 11.8 Å². The van der Waals surface area contributed by atoms with Crippen molar-refractivity contribution in [3.05, 3.63) is 66.7 Å². The monoisotopic (exact) mass is 313 g/mol. The minimum atomic E-state index is 1.22. The third kappa shape index (κ3) is 1.76. The van der Waals surface area contributed by atoms with Crippen molar-refractivity contribution in [1.29, 1.82) is 0 Å². The Hall–Kier alpha value is -2.45. The lowest BCUT2D eigenvalue weighted by molar-refractivity contribution is 1.45. The molecule has 0 amide bonds. The van der Waals surface area contributed by atoms with Gasteiger partial charge in [0.2, 0.25) is 0 Å². The number of H-pyrrole nitrogens is 1. The predicted octanol–water partition coefficient (Wildman–Crippen LogP) is 6.30. The number of hydrogen-bond donors (Lipinski definition) is 1. The zero-order valence-electron chi connectivity index (χ0n) is 12.8. The third-order valence-corrected chi connectivity index (χ3v) is 5.48. The summed E-state index contributed by atoms with van der Waals surface area (Å²) < 4.78 is 0. The molecule has 0 atom stereocenters. The fraction of sp³-hybridized carbons (Fsp3) is 0.0476. The Bertz CT molecular complexity index is 1150. The molecule has 110 valence electrons. The van der Waals surface area contributed by atoms with E-state index in [4.69, 9.17) is 0 Å². The summed E-state index contributed by atoms with van der Waals surface area (Å²) in [5.41, 5.74) is 5.05. The highest BCUT2D eigenvalue weighted by Crippen LogP contribution is 2.41. The Balaban J connectivity index is 1.98. The summed E-state index contributed by atoms with van der Waals surface area (Å²) in [5.74, 6) is 0. The molecule has 0 saturated carbocycles. The zero-order chi connectivity index (χ0) is 15.4. The van der Waals surface area contributed by atoms with Gasteiger partial charge in [0.05, 0.1) is 5.52 Å². The molecule has 0 saturated heterocycles. The van der Waals surface area contributed by atoms with Crippen molar-refractivity contribution in [2.24, 2.45) is 0 Å². The molecule has 1 nitrogen and oxygen atoms in total. The van der Waals surface area contributed by atoms with Crippen LogP contribution in [0.5, 0.6) is 0 Å². The van der Waals surface area contributed by atoms with Crippen LogP contribution in [0, 0.1) is 0 Å². The molecule has 0 radical (unpaired) electrons. The van der Waals surface area contributed by atoms with Crippen molar-refractivity contribution in [1.82, 2.24) is 4.98 Å². The van der Waals surface area contributed by atoms with Gasteiger partial charge >= 0.3 is 0 Å². The molecular formula is C21H15NS. The van der Waals surface area contributed by atoms with Gasteiger partial charge in [-0.1, -0.05) is 54.6 Å². The third-order valence-electron chi connectivity index (χ3n) is 4.68. The highest BCUT2D eigenvalue weighted by atomic mass is 32.2. The lowest BCUT2D eigenvalue weighted by Crippen LogP contribution is -1.84. The van der Waals surface area contributed by atoms with E-state index < -0.39 is 0 Å². The van der Waals surface area contributed by atoms with E-state index in [1.165, 1.54) is 48.6 Å². The van der Waals surface area contributed by atoms with Crippen LogP contribution in [-0.2, 0) is 0 Å². The fourth-order valence-corrected chi connectivity index (χ4v) is 4.27. The van der Waals surface area contributed by atoms with Crippen LogP contribution in [0.15, 0.2) is 71.6 Å². The second-order valence-electron chi connectivity index (χ2n) is 5.88. The Kier molecular flexibility index (Phi) is 2.70. The smallest absolute Gasteiger partial charge is 0.0551 e. The van der Waals surface area contributed by atoms with E-state index in [1.807, 2.05) is 0 Å². The molecule has 5 aromatic rings. The SMILES string of the molecule is CSc1ccccc1-c1ccc2ccc3cccc4[nH]c1c2c34. The number of rotatable bonds is 2. The Morgan fingerprint density at radius 2 is 1.48 bits per heavy atom. The van der Waals surface area contributed by atoms with Crippen molar-refractivity contribution in [2.45, 2.75) is 4.90 Å². The molecule has 0 aliphatic heterocycles. The molecule has 0 bridgehead atoms. The van der Waals surface area contributed by atoms with Crippen molar-refractivity contribution in [3.63, 3.8) is 0 Å². The van der Waals surface area contributed by atoms with Crippen LogP contribution in [0.1, 0.15) is 0 Å². The molecule has 1 aromatic heterocycles. The molecule has 0 unspecified atom stereocenters. The first kappa shape index (κ1) is 13.0. The zero-order valence-corrected chi connectivity index (χ0v) is 13.6. The fourth-order valence-electron chi connectivity index (χ4n) is 3.65. The summed E-state index contributed by atoms with van der Waals surface area (Å²) in [6, 6.07) is 24.1. The Labute approximate surface area is 138 Å². The topological polar surface area (TPSA) is 15.8 Å². The van der Waals surface area contributed by atoms with Gasteiger partial charge in [0.1, 0.15) is 0 Å². The first-order valence-electron chi connectivity index (χ1n) is 7.76. The average Bonchev–Trinajstić information content (AvgIpc) is 3.01. The summed E-state index contributed by atoms with van der Waals surface area (Å²) in [5, 5.41) is 5.31. The lowest BCUT2D eigenvalue weighted by Gasteiger charge is -2.10. The minimum absolute atomic E-state index is 1.22. The largest absolute Gasteiger partial charge is 0.354 e. The number of thioether (sulfide) groups is 1.